The van der Waals surface area contributed by atoms with Crippen LogP contribution in [-0.4, -0.2) is 57.8 Å². The van der Waals surface area contributed by atoms with Gasteiger partial charge in [-0.3, -0.25) is 19.4 Å². The van der Waals surface area contributed by atoms with Crippen LogP contribution in [-0.2, 0) is 9.59 Å². The molecule has 2 heterocycles. The third-order valence-electron chi connectivity index (χ3n) is 4.46. The van der Waals surface area contributed by atoms with Gasteiger partial charge >= 0.3 is 0 Å². The molecule has 0 radical (unpaired) electrons. The summed E-state index contributed by atoms with van der Waals surface area (Å²) in [7, 11) is 0. The largest absolute Gasteiger partial charge is 0.342 e. The molecule has 142 valence electrons. The molecule has 1 aromatic heterocycles. The Morgan fingerprint density at radius 2 is 2.04 bits per heavy atom. The van der Waals surface area contributed by atoms with Crippen LogP contribution in [0.4, 0.5) is 0 Å². The lowest BCUT2D eigenvalue weighted by molar-refractivity contribution is -0.139. The standard InChI is InChI=1S/C18H27N5O3/c1-12-6-5-9-23(12)17(26)15(18(2,3)4)22-14(24)11-21-16(25)13-10-19-7-8-20-13/h7-8,10,12,15H,5-6,9,11H2,1-4H3,(H,21,25)(H,22,24)/t12-,15?/m1/s1. The molecule has 0 bridgehead atoms. The summed E-state index contributed by atoms with van der Waals surface area (Å²) >= 11 is 0. The van der Waals surface area contributed by atoms with E-state index in [9.17, 15) is 14.4 Å². The fraction of sp³-hybridized carbons (Fsp3) is 0.611. The minimum atomic E-state index is -0.649. The third-order valence-corrected chi connectivity index (χ3v) is 4.46. The number of hydrogen-bond acceptors (Lipinski definition) is 5. The molecule has 1 aliphatic heterocycles. The molecule has 1 saturated heterocycles. The molecular weight excluding hydrogens is 334 g/mol. The van der Waals surface area contributed by atoms with E-state index >= 15 is 0 Å². The molecule has 0 aliphatic carbocycles. The number of hydrogen-bond donors (Lipinski definition) is 2. The first-order chi connectivity index (χ1) is 12.2. The number of carbonyl (C=O) groups is 3. The Bertz CT molecular complexity index is 657. The first-order valence-electron chi connectivity index (χ1n) is 8.84. The molecule has 0 spiro atoms. The van der Waals surface area contributed by atoms with Gasteiger partial charge in [-0.15, -0.1) is 0 Å². The molecule has 3 amide bonds. The van der Waals surface area contributed by atoms with Gasteiger partial charge in [-0.05, 0) is 25.2 Å². The van der Waals surface area contributed by atoms with Crippen LogP contribution in [0, 0.1) is 5.41 Å². The van der Waals surface area contributed by atoms with Gasteiger partial charge in [0.15, 0.2) is 0 Å². The molecule has 1 fully saturated rings. The van der Waals surface area contributed by atoms with E-state index in [0.29, 0.717) is 6.54 Å². The van der Waals surface area contributed by atoms with E-state index in [0.717, 1.165) is 12.8 Å². The molecule has 1 aromatic rings. The Hall–Kier alpha value is -2.51. The first-order valence-corrected chi connectivity index (χ1v) is 8.84. The van der Waals surface area contributed by atoms with Crippen molar-refractivity contribution in [1.29, 1.82) is 0 Å². The van der Waals surface area contributed by atoms with Crippen molar-refractivity contribution in [2.24, 2.45) is 5.41 Å². The second-order valence-corrected chi connectivity index (χ2v) is 7.66. The predicted octanol–water partition coefficient (Wildman–Crippen LogP) is 0.748. The maximum absolute atomic E-state index is 12.9. The van der Waals surface area contributed by atoms with Crippen LogP contribution in [0.3, 0.4) is 0 Å². The van der Waals surface area contributed by atoms with Crippen molar-refractivity contribution in [3.8, 4) is 0 Å². The number of nitrogens with one attached hydrogen (secondary N) is 2. The number of likely N-dealkylation sites (tertiary alicyclic amines) is 1. The monoisotopic (exact) mass is 361 g/mol. The highest BCUT2D eigenvalue weighted by molar-refractivity contribution is 5.95. The van der Waals surface area contributed by atoms with Crippen molar-refractivity contribution in [3.05, 3.63) is 24.3 Å². The van der Waals surface area contributed by atoms with Gasteiger partial charge in [-0.2, -0.15) is 0 Å². The summed E-state index contributed by atoms with van der Waals surface area (Å²) in [5, 5.41) is 5.27. The quantitative estimate of drug-likeness (QED) is 0.805. The molecule has 26 heavy (non-hydrogen) atoms. The van der Waals surface area contributed by atoms with Crippen LogP contribution in [0.1, 0.15) is 51.0 Å². The molecular formula is C18H27N5O3. The maximum atomic E-state index is 12.9. The highest BCUT2D eigenvalue weighted by Gasteiger charge is 2.38. The van der Waals surface area contributed by atoms with E-state index < -0.39 is 23.3 Å². The van der Waals surface area contributed by atoms with Gasteiger partial charge < -0.3 is 15.5 Å². The number of aromatic nitrogens is 2. The molecule has 0 saturated carbocycles. The van der Waals surface area contributed by atoms with Crippen molar-refractivity contribution in [2.45, 2.75) is 52.6 Å². The van der Waals surface area contributed by atoms with E-state index in [2.05, 4.69) is 20.6 Å². The Labute approximate surface area is 153 Å². The third kappa shape index (κ3) is 5.00. The summed E-state index contributed by atoms with van der Waals surface area (Å²) in [6, 6.07) is -0.468. The van der Waals surface area contributed by atoms with Gasteiger partial charge in [0.2, 0.25) is 11.8 Å². The summed E-state index contributed by atoms with van der Waals surface area (Å²) in [5.74, 6) is -0.974. The Balaban J connectivity index is 1.96. The fourth-order valence-electron chi connectivity index (χ4n) is 2.95. The van der Waals surface area contributed by atoms with Gasteiger partial charge in [-0.25, -0.2) is 4.98 Å². The fourth-order valence-corrected chi connectivity index (χ4v) is 2.95. The van der Waals surface area contributed by atoms with Crippen LogP contribution >= 0.6 is 0 Å². The lowest BCUT2D eigenvalue weighted by atomic mass is 9.85. The van der Waals surface area contributed by atoms with E-state index in [-0.39, 0.29) is 24.2 Å². The highest BCUT2D eigenvalue weighted by Crippen LogP contribution is 2.25. The smallest absolute Gasteiger partial charge is 0.271 e. The molecule has 1 aliphatic rings. The zero-order valence-electron chi connectivity index (χ0n) is 15.8. The van der Waals surface area contributed by atoms with Gasteiger partial charge in [0.05, 0.1) is 12.7 Å². The average molecular weight is 361 g/mol. The van der Waals surface area contributed by atoms with Crippen LogP contribution < -0.4 is 10.6 Å². The van der Waals surface area contributed by atoms with Crippen molar-refractivity contribution in [3.63, 3.8) is 0 Å². The minimum absolute atomic E-state index is 0.0731. The van der Waals surface area contributed by atoms with Gasteiger partial charge in [0, 0.05) is 25.0 Å². The van der Waals surface area contributed by atoms with E-state index in [1.165, 1.54) is 18.6 Å². The zero-order valence-corrected chi connectivity index (χ0v) is 15.8. The summed E-state index contributed by atoms with van der Waals surface area (Å²) in [4.78, 5) is 46.7. The second kappa shape index (κ2) is 8.25. The predicted molar refractivity (Wildman–Crippen MR) is 96.2 cm³/mol. The normalized spacial score (nSPS) is 18.3. The molecule has 2 rings (SSSR count). The molecule has 0 aromatic carbocycles. The van der Waals surface area contributed by atoms with Crippen LogP contribution in [0.15, 0.2) is 18.6 Å². The van der Waals surface area contributed by atoms with Gasteiger partial charge in [0.25, 0.3) is 5.91 Å². The second-order valence-electron chi connectivity index (χ2n) is 7.66. The lowest BCUT2D eigenvalue weighted by Crippen LogP contribution is -2.56. The van der Waals surface area contributed by atoms with Crippen LogP contribution in [0.25, 0.3) is 0 Å². The highest BCUT2D eigenvalue weighted by atomic mass is 16.2. The minimum Gasteiger partial charge on any atom is -0.342 e. The number of nitrogens with zero attached hydrogens (tertiary/aromatic N) is 3. The summed E-state index contributed by atoms with van der Waals surface area (Å²) in [6.07, 6.45) is 6.14. The maximum Gasteiger partial charge on any atom is 0.271 e. The van der Waals surface area contributed by atoms with E-state index in [1.54, 1.807) is 0 Å². The Morgan fingerprint density at radius 1 is 1.31 bits per heavy atom. The molecule has 2 atom stereocenters. The van der Waals surface area contributed by atoms with Crippen molar-refractivity contribution >= 4 is 17.7 Å². The van der Waals surface area contributed by atoms with Crippen LogP contribution in [0.5, 0.6) is 0 Å². The topological polar surface area (TPSA) is 104 Å². The van der Waals surface area contributed by atoms with Crippen molar-refractivity contribution in [2.75, 3.05) is 13.1 Å². The van der Waals surface area contributed by atoms with E-state index in [1.807, 2.05) is 32.6 Å². The molecule has 1 unspecified atom stereocenters. The summed E-state index contributed by atoms with van der Waals surface area (Å²) < 4.78 is 0. The molecule has 2 N–H and O–H groups in total. The first kappa shape index (κ1) is 19.8. The summed E-state index contributed by atoms with van der Waals surface area (Å²) in [5.41, 5.74) is -0.307. The van der Waals surface area contributed by atoms with Crippen LogP contribution in [0.2, 0.25) is 0 Å². The Morgan fingerprint density at radius 3 is 2.58 bits per heavy atom. The van der Waals surface area contributed by atoms with E-state index in [4.69, 9.17) is 0 Å². The number of carbonyl (C=O) groups excluding carboxylic acids is 3. The van der Waals surface area contributed by atoms with Crippen molar-refractivity contribution < 1.29 is 14.4 Å². The molecule has 8 nitrogen and oxygen atoms in total. The zero-order chi connectivity index (χ0) is 19.3. The van der Waals surface area contributed by atoms with Gasteiger partial charge in [0.1, 0.15) is 11.7 Å². The molecule has 8 heteroatoms. The van der Waals surface area contributed by atoms with Crippen molar-refractivity contribution in [1.82, 2.24) is 25.5 Å². The average Bonchev–Trinajstić information content (AvgIpc) is 3.02. The number of amides is 3. The summed E-state index contributed by atoms with van der Waals surface area (Å²) in [6.45, 7) is 8.24. The van der Waals surface area contributed by atoms with Gasteiger partial charge in [-0.1, -0.05) is 20.8 Å². The Kier molecular flexibility index (Phi) is 6.28. The number of rotatable bonds is 5. The SMILES string of the molecule is C[C@@H]1CCCN1C(=O)C(NC(=O)CNC(=O)c1cnccn1)C(C)(C)C. The lowest BCUT2D eigenvalue weighted by Gasteiger charge is -2.35.